The highest BCUT2D eigenvalue weighted by Gasteiger charge is 2.30. The van der Waals surface area contributed by atoms with E-state index in [1.807, 2.05) is 0 Å². The molecule has 1 aliphatic rings. The summed E-state index contributed by atoms with van der Waals surface area (Å²) in [6, 6.07) is 5.74. The van der Waals surface area contributed by atoms with Crippen molar-refractivity contribution in [3.8, 4) is 5.75 Å². The zero-order chi connectivity index (χ0) is 18.1. The SMILES string of the molecule is CNC(=O)c1cn2c(c(O)c1=O)C(=O)N(Cc1ccc(F)cc1)CC2. The topological polar surface area (TPSA) is 91.6 Å². The summed E-state index contributed by atoms with van der Waals surface area (Å²) in [6.07, 6.45) is 1.28. The minimum atomic E-state index is -0.886. The van der Waals surface area contributed by atoms with Crippen molar-refractivity contribution < 1.29 is 19.1 Å². The number of aromatic hydroxyl groups is 1. The van der Waals surface area contributed by atoms with Gasteiger partial charge in [0.2, 0.25) is 5.43 Å². The van der Waals surface area contributed by atoms with E-state index >= 15 is 0 Å². The second-order valence-corrected chi connectivity index (χ2v) is 5.69. The van der Waals surface area contributed by atoms with Crippen molar-refractivity contribution in [2.75, 3.05) is 13.6 Å². The maximum atomic E-state index is 13.0. The van der Waals surface area contributed by atoms with Crippen molar-refractivity contribution in [1.29, 1.82) is 0 Å². The Morgan fingerprint density at radius 2 is 1.92 bits per heavy atom. The van der Waals surface area contributed by atoms with Crippen LogP contribution in [0.3, 0.4) is 0 Å². The Morgan fingerprint density at radius 1 is 1.24 bits per heavy atom. The van der Waals surface area contributed by atoms with Gasteiger partial charge in [-0.25, -0.2) is 4.39 Å². The number of carbonyl (C=O) groups is 2. The number of amides is 2. The molecule has 2 N–H and O–H groups in total. The van der Waals surface area contributed by atoms with Crippen LogP contribution in [-0.4, -0.2) is 40.0 Å². The van der Waals surface area contributed by atoms with Crippen LogP contribution in [0.25, 0.3) is 0 Å². The van der Waals surface area contributed by atoms with E-state index in [0.29, 0.717) is 13.1 Å². The highest BCUT2D eigenvalue weighted by atomic mass is 19.1. The van der Waals surface area contributed by atoms with E-state index in [2.05, 4.69) is 5.32 Å². The summed E-state index contributed by atoms with van der Waals surface area (Å²) in [5.74, 6) is -2.26. The number of carbonyl (C=O) groups excluding carboxylic acids is 2. The van der Waals surface area contributed by atoms with Crippen molar-refractivity contribution in [2.24, 2.45) is 0 Å². The molecular weight excluding hydrogens is 329 g/mol. The van der Waals surface area contributed by atoms with Gasteiger partial charge in [-0.05, 0) is 17.7 Å². The average Bonchev–Trinajstić information content (AvgIpc) is 2.61. The second-order valence-electron chi connectivity index (χ2n) is 5.69. The van der Waals surface area contributed by atoms with Gasteiger partial charge in [0.1, 0.15) is 11.4 Å². The molecule has 1 aromatic carbocycles. The third-order valence-corrected chi connectivity index (χ3v) is 4.12. The fourth-order valence-corrected chi connectivity index (χ4v) is 2.79. The number of halogens is 1. The number of fused-ring (bicyclic) bond motifs is 1. The molecule has 2 aromatic rings. The molecule has 0 bridgehead atoms. The number of nitrogens with zero attached hydrogens (tertiary/aromatic N) is 2. The Hall–Kier alpha value is -3.16. The molecule has 3 rings (SSSR count). The predicted molar refractivity (Wildman–Crippen MR) is 86.9 cm³/mol. The number of hydrogen-bond donors (Lipinski definition) is 2. The van der Waals surface area contributed by atoms with Crippen LogP contribution >= 0.6 is 0 Å². The minimum Gasteiger partial charge on any atom is -0.503 e. The quantitative estimate of drug-likeness (QED) is 0.857. The largest absolute Gasteiger partial charge is 0.503 e. The van der Waals surface area contributed by atoms with Crippen molar-refractivity contribution in [3.05, 3.63) is 63.3 Å². The number of pyridine rings is 1. The summed E-state index contributed by atoms with van der Waals surface area (Å²) in [5.41, 5.74) is -0.524. The molecule has 0 radical (unpaired) electrons. The molecule has 0 aliphatic carbocycles. The molecule has 0 saturated carbocycles. The first-order valence-corrected chi connectivity index (χ1v) is 7.64. The van der Waals surface area contributed by atoms with Gasteiger partial charge in [0.05, 0.1) is 0 Å². The zero-order valence-electron chi connectivity index (χ0n) is 13.5. The summed E-state index contributed by atoms with van der Waals surface area (Å²) in [6.45, 7) is 0.878. The van der Waals surface area contributed by atoms with Gasteiger partial charge >= 0.3 is 0 Å². The van der Waals surface area contributed by atoms with Gasteiger partial charge in [-0.2, -0.15) is 0 Å². The maximum Gasteiger partial charge on any atom is 0.274 e. The lowest BCUT2D eigenvalue weighted by Crippen LogP contribution is -2.42. The lowest BCUT2D eigenvalue weighted by atomic mass is 10.1. The van der Waals surface area contributed by atoms with Gasteiger partial charge in [-0.1, -0.05) is 12.1 Å². The third-order valence-electron chi connectivity index (χ3n) is 4.12. The van der Waals surface area contributed by atoms with Gasteiger partial charge < -0.3 is 19.9 Å². The molecule has 1 aromatic heterocycles. The van der Waals surface area contributed by atoms with Crippen molar-refractivity contribution in [1.82, 2.24) is 14.8 Å². The number of nitrogens with one attached hydrogen (secondary N) is 1. The van der Waals surface area contributed by atoms with Crippen LogP contribution < -0.4 is 10.7 Å². The monoisotopic (exact) mass is 345 g/mol. The first kappa shape index (κ1) is 16.7. The normalized spacial score (nSPS) is 13.5. The maximum absolute atomic E-state index is 13.0. The van der Waals surface area contributed by atoms with E-state index < -0.39 is 23.0 Å². The van der Waals surface area contributed by atoms with Crippen molar-refractivity contribution in [3.63, 3.8) is 0 Å². The molecule has 2 amide bonds. The Kier molecular flexibility index (Phi) is 4.26. The second kappa shape index (κ2) is 6.39. The lowest BCUT2D eigenvalue weighted by molar-refractivity contribution is 0.0681. The van der Waals surface area contributed by atoms with E-state index in [1.54, 1.807) is 12.1 Å². The smallest absolute Gasteiger partial charge is 0.274 e. The zero-order valence-corrected chi connectivity index (χ0v) is 13.5. The average molecular weight is 345 g/mol. The lowest BCUT2D eigenvalue weighted by Gasteiger charge is -2.30. The van der Waals surface area contributed by atoms with Crippen LogP contribution in [0.2, 0.25) is 0 Å². The summed E-state index contributed by atoms with van der Waals surface area (Å²) < 4.78 is 14.4. The number of benzene rings is 1. The molecule has 2 heterocycles. The summed E-state index contributed by atoms with van der Waals surface area (Å²) in [7, 11) is 1.37. The molecule has 130 valence electrons. The molecule has 7 nitrogen and oxygen atoms in total. The number of rotatable bonds is 3. The molecule has 1 aliphatic heterocycles. The molecule has 8 heteroatoms. The number of hydrogen-bond acceptors (Lipinski definition) is 4. The molecule has 0 spiro atoms. The van der Waals surface area contributed by atoms with E-state index in [0.717, 1.165) is 5.56 Å². The van der Waals surface area contributed by atoms with Crippen LogP contribution in [0.5, 0.6) is 5.75 Å². The Balaban J connectivity index is 1.95. The third kappa shape index (κ3) is 2.98. The molecule has 0 fully saturated rings. The highest BCUT2D eigenvalue weighted by molar-refractivity contribution is 5.98. The van der Waals surface area contributed by atoms with E-state index in [1.165, 1.54) is 34.8 Å². The first-order chi connectivity index (χ1) is 11.9. The Labute approximate surface area is 142 Å². The summed E-state index contributed by atoms with van der Waals surface area (Å²) in [4.78, 5) is 38.0. The van der Waals surface area contributed by atoms with E-state index in [-0.39, 0.29) is 23.6 Å². The fraction of sp³-hybridized carbons (Fsp3) is 0.235. The van der Waals surface area contributed by atoms with Gasteiger partial charge in [0.15, 0.2) is 11.4 Å². The standard InChI is InChI=1S/C17H16FN3O4/c1-19-16(24)12-9-20-6-7-21(8-10-2-4-11(18)5-3-10)17(25)13(20)15(23)14(12)22/h2-5,9,23H,6-8H2,1H3,(H,19,24). The van der Waals surface area contributed by atoms with E-state index in [4.69, 9.17) is 0 Å². The van der Waals surface area contributed by atoms with Crippen molar-refractivity contribution >= 4 is 11.8 Å². The van der Waals surface area contributed by atoms with Gasteiger partial charge in [0, 0.05) is 32.9 Å². The van der Waals surface area contributed by atoms with Crippen LogP contribution in [0.4, 0.5) is 4.39 Å². The Bertz CT molecular complexity index is 905. The number of aromatic nitrogens is 1. The van der Waals surface area contributed by atoms with Crippen LogP contribution in [0.15, 0.2) is 35.3 Å². The summed E-state index contributed by atoms with van der Waals surface area (Å²) >= 11 is 0. The van der Waals surface area contributed by atoms with Crippen LogP contribution in [-0.2, 0) is 13.1 Å². The molecule has 0 atom stereocenters. The van der Waals surface area contributed by atoms with Crippen LogP contribution in [0, 0.1) is 5.82 Å². The minimum absolute atomic E-state index is 0.147. The molecule has 0 unspecified atom stereocenters. The molecular formula is C17H16FN3O4. The van der Waals surface area contributed by atoms with E-state index in [9.17, 15) is 23.9 Å². The predicted octanol–water partition coefficient (Wildman–Crippen LogP) is 0.709. The fourth-order valence-electron chi connectivity index (χ4n) is 2.79. The van der Waals surface area contributed by atoms with Gasteiger partial charge in [-0.15, -0.1) is 0 Å². The molecule has 0 saturated heterocycles. The van der Waals surface area contributed by atoms with Gasteiger partial charge in [0.25, 0.3) is 11.8 Å². The van der Waals surface area contributed by atoms with Crippen LogP contribution in [0.1, 0.15) is 26.4 Å². The Morgan fingerprint density at radius 3 is 2.56 bits per heavy atom. The first-order valence-electron chi connectivity index (χ1n) is 7.64. The summed E-state index contributed by atoms with van der Waals surface area (Å²) in [5, 5.41) is 12.5. The molecule has 25 heavy (non-hydrogen) atoms. The van der Waals surface area contributed by atoms with Gasteiger partial charge in [-0.3, -0.25) is 14.4 Å². The highest BCUT2D eigenvalue weighted by Crippen LogP contribution is 2.21. The van der Waals surface area contributed by atoms with Crippen molar-refractivity contribution in [2.45, 2.75) is 13.1 Å².